The van der Waals surface area contributed by atoms with Crippen LogP contribution in [0.15, 0.2) is 42.5 Å². The summed E-state index contributed by atoms with van der Waals surface area (Å²) in [5.41, 5.74) is 3.83. The van der Waals surface area contributed by atoms with Gasteiger partial charge in [0.05, 0.1) is 20.1 Å². The molecule has 1 atom stereocenters. The van der Waals surface area contributed by atoms with Crippen LogP contribution in [0, 0.1) is 13.8 Å². The standard InChI is InChI=1S/C21H23NO4/c1-14-7-6-8-15(2)20(14)26-12-11-19(23)22-17-10-5-4-9-16(17)13-18(22)21(24)25-3/h4-10,18H,11-13H2,1-3H3. The minimum atomic E-state index is -0.606. The fraction of sp³-hybridized carbons (Fsp3) is 0.333. The maximum Gasteiger partial charge on any atom is 0.329 e. The van der Waals surface area contributed by atoms with Gasteiger partial charge in [-0.25, -0.2) is 4.79 Å². The lowest BCUT2D eigenvalue weighted by atomic mass is 10.1. The van der Waals surface area contributed by atoms with Crippen molar-refractivity contribution in [3.8, 4) is 5.75 Å². The summed E-state index contributed by atoms with van der Waals surface area (Å²) in [5.74, 6) is 0.272. The molecule has 0 bridgehead atoms. The van der Waals surface area contributed by atoms with Crippen LogP contribution in [0.2, 0.25) is 0 Å². The van der Waals surface area contributed by atoms with E-state index in [1.54, 1.807) is 4.90 Å². The van der Waals surface area contributed by atoms with Crippen molar-refractivity contribution in [1.82, 2.24) is 0 Å². The summed E-state index contributed by atoms with van der Waals surface area (Å²) in [6.07, 6.45) is 0.669. The number of hydrogen-bond donors (Lipinski definition) is 0. The van der Waals surface area contributed by atoms with Gasteiger partial charge in [0.25, 0.3) is 0 Å². The third-order valence-corrected chi connectivity index (χ3v) is 4.69. The molecule has 5 heteroatoms. The molecule has 0 saturated carbocycles. The Morgan fingerprint density at radius 3 is 2.46 bits per heavy atom. The van der Waals surface area contributed by atoms with Crippen LogP contribution in [-0.4, -0.2) is 31.6 Å². The van der Waals surface area contributed by atoms with E-state index in [9.17, 15) is 9.59 Å². The number of carbonyl (C=O) groups excluding carboxylic acids is 2. The van der Waals surface area contributed by atoms with Gasteiger partial charge < -0.3 is 9.47 Å². The molecule has 1 heterocycles. The van der Waals surface area contributed by atoms with E-state index in [0.29, 0.717) is 6.42 Å². The molecule has 3 rings (SSSR count). The van der Waals surface area contributed by atoms with Crippen molar-refractivity contribution in [2.45, 2.75) is 32.7 Å². The number of fused-ring (bicyclic) bond motifs is 1. The fourth-order valence-electron chi connectivity index (χ4n) is 3.41. The Balaban J connectivity index is 1.72. The summed E-state index contributed by atoms with van der Waals surface area (Å²) in [5, 5.41) is 0. The van der Waals surface area contributed by atoms with Crippen LogP contribution in [-0.2, 0) is 20.7 Å². The second kappa shape index (κ2) is 7.60. The number of benzene rings is 2. The highest BCUT2D eigenvalue weighted by atomic mass is 16.5. The van der Waals surface area contributed by atoms with E-state index < -0.39 is 12.0 Å². The largest absolute Gasteiger partial charge is 0.493 e. The SMILES string of the molecule is COC(=O)C1Cc2ccccc2N1C(=O)CCOc1c(C)cccc1C. The highest BCUT2D eigenvalue weighted by molar-refractivity contribution is 6.02. The van der Waals surface area contributed by atoms with Crippen molar-refractivity contribution in [3.63, 3.8) is 0 Å². The van der Waals surface area contributed by atoms with Crippen LogP contribution < -0.4 is 9.64 Å². The minimum absolute atomic E-state index is 0.142. The number of methoxy groups -OCH3 is 1. The van der Waals surface area contributed by atoms with Crippen molar-refractivity contribution < 1.29 is 19.1 Å². The van der Waals surface area contributed by atoms with Gasteiger partial charge in [-0.15, -0.1) is 0 Å². The first-order valence-electron chi connectivity index (χ1n) is 8.69. The lowest BCUT2D eigenvalue weighted by Gasteiger charge is -2.24. The van der Waals surface area contributed by atoms with Crippen LogP contribution in [0.5, 0.6) is 5.75 Å². The number of rotatable bonds is 5. The summed E-state index contributed by atoms with van der Waals surface area (Å²) < 4.78 is 10.7. The van der Waals surface area contributed by atoms with Gasteiger partial charge in [0.2, 0.25) is 5.91 Å². The number of hydrogen-bond acceptors (Lipinski definition) is 4. The zero-order valence-corrected chi connectivity index (χ0v) is 15.3. The van der Waals surface area contributed by atoms with Gasteiger partial charge in [-0.1, -0.05) is 36.4 Å². The van der Waals surface area contributed by atoms with E-state index in [-0.39, 0.29) is 18.9 Å². The van der Waals surface area contributed by atoms with Gasteiger partial charge in [-0.2, -0.15) is 0 Å². The normalized spacial score (nSPS) is 15.5. The topological polar surface area (TPSA) is 55.8 Å². The molecule has 0 radical (unpaired) electrons. The highest BCUT2D eigenvalue weighted by Gasteiger charge is 2.38. The zero-order valence-electron chi connectivity index (χ0n) is 15.3. The number of ether oxygens (including phenoxy) is 2. The first-order chi connectivity index (χ1) is 12.5. The molecule has 1 aliphatic heterocycles. The summed E-state index contributed by atoms with van der Waals surface area (Å²) in [7, 11) is 1.35. The van der Waals surface area contributed by atoms with Crippen LogP contribution >= 0.6 is 0 Å². The van der Waals surface area contributed by atoms with E-state index in [1.807, 2.05) is 56.3 Å². The monoisotopic (exact) mass is 353 g/mol. The Morgan fingerprint density at radius 2 is 1.77 bits per heavy atom. The average molecular weight is 353 g/mol. The van der Waals surface area contributed by atoms with Gasteiger partial charge in [0.1, 0.15) is 11.8 Å². The summed E-state index contributed by atoms with van der Waals surface area (Å²) in [4.78, 5) is 26.5. The van der Waals surface area contributed by atoms with Gasteiger partial charge in [0.15, 0.2) is 0 Å². The first-order valence-corrected chi connectivity index (χ1v) is 8.69. The van der Waals surface area contributed by atoms with Gasteiger partial charge >= 0.3 is 5.97 Å². The molecular formula is C21H23NO4. The second-order valence-corrected chi connectivity index (χ2v) is 6.45. The van der Waals surface area contributed by atoms with Gasteiger partial charge in [-0.3, -0.25) is 9.69 Å². The molecule has 2 aromatic rings. The number of nitrogens with zero attached hydrogens (tertiary/aromatic N) is 1. The number of anilines is 1. The van der Waals surface area contributed by atoms with E-state index in [4.69, 9.17) is 9.47 Å². The quantitative estimate of drug-likeness (QED) is 0.775. The third-order valence-electron chi connectivity index (χ3n) is 4.69. The van der Waals surface area contributed by atoms with Gasteiger partial charge in [0, 0.05) is 12.1 Å². The van der Waals surface area contributed by atoms with Crippen molar-refractivity contribution in [2.75, 3.05) is 18.6 Å². The van der Waals surface area contributed by atoms with Gasteiger partial charge in [-0.05, 0) is 36.6 Å². The summed E-state index contributed by atoms with van der Waals surface area (Å²) in [6, 6.07) is 12.9. The fourth-order valence-corrected chi connectivity index (χ4v) is 3.41. The Hall–Kier alpha value is -2.82. The number of aryl methyl sites for hydroxylation is 2. The minimum Gasteiger partial charge on any atom is -0.493 e. The number of esters is 1. The molecule has 5 nitrogen and oxygen atoms in total. The molecule has 0 aliphatic carbocycles. The molecule has 0 saturated heterocycles. The molecule has 0 spiro atoms. The van der Waals surface area contributed by atoms with Crippen LogP contribution in [0.1, 0.15) is 23.1 Å². The Labute approximate surface area is 153 Å². The molecule has 26 heavy (non-hydrogen) atoms. The maximum atomic E-state index is 12.8. The van der Waals surface area contributed by atoms with Crippen molar-refractivity contribution >= 4 is 17.6 Å². The predicted molar refractivity (Wildman–Crippen MR) is 99.5 cm³/mol. The highest BCUT2D eigenvalue weighted by Crippen LogP contribution is 2.33. The van der Waals surface area contributed by atoms with E-state index in [2.05, 4.69) is 0 Å². The van der Waals surface area contributed by atoms with Crippen LogP contribution in [0.4, 0.5) is 5.69 Å². The maximum absolute atomic E-state index is 12.8. The smallest absolute Gasteiger partial charge is 0.329 e. The van der Waals surface area contributed by atoms with E-state index >= 15 is 0 Å². The summed E-state index contributed by atoms with van der Waals surface area (Å²) in [6.45, 7) is 4.22. The lowest BCUT2D eigenvalue weighted by molar-refractivity contribution is -0.143. The molecular weight excluding hydrogens is 330 g/mol. The molecule has 1 unspecified atom stereocenters. The van der Waals surface area contributed by atoms with Crippen molar-refractivity contribution in [2.24, 2.45) is 0 Å². The van der Waals surface area contributed by atoms with Crippen LogP contribution in [0.3, 0.4) is 0 Å². The Bertz CT molecular complexity index is 810. The first kappa shape index (κ1) is 18.0. The molecule has 1 aliphatic rings. The molecule has 2 aromatic carbocycles. The lowest BCUT2D eigenvalue weighted by Crippen LogP contribution is -2.43. The Kier molecular flexibility index (Phi) is 5.26. The molecule has 136 valence electrons. The summed E-state index contributed by atoms with van der Waals surface area (Å²) >= 11 is 0. The molecule has 0 fully saturated rings. The van der Waals surface area contributed by atoms with Crippen molar-refractivity contribution in [3.05, 3.63) is 59.2 Å². The van der Waals surface area contributed by atoms with E-state index in [0.717, 1.165) is 28.1 Å². The van der Waals surface area contributed by atoms with Crippen LogP contribution in [0.25, 0.3) is 0 Å². The predicted octanol–water partition coefficient (Wildman–Crippen LogP) is 3.20. The average Bonchev–Trinajstić information content (AvgIpc) is 3.03. The molecule has 1 amide bonds. The number of amides is 1. The number of para-hydroxylation sites is 2. The molecule has 0 N–H and O–H groups in total. The third kappa shape index (κ3) is 3.43. The molecule has 0 aromatic heterocycles. The number of carbonyl (C=O) groups is 2. The Morgan fingerprint density at radius 1 is 1.08 bits per heavy atom. The second-order valence-electron chi connectivity index (χ2n) is 6.45. The zero-order chi connectivity index (χ0) is 18.7. The van der Waals surface area contributed by atoms with Crippen molar-refractivity contribution in [1.29, 1.82) is 0 Å². The van der Waals surface area contributed by atoms with E-state index in [1.165, 1.54) is 7.11 Å².